The zero-order chi connectivity index (χ0) is 14.5. The molecule has 1 aromatic carbocycles. The second-order valence-corrected chi connectivity index (χ2v) is 4.92. The van der Waals surface area contributed by atoms with E-state index in [0.29, 0.717) is 19.6 Å². The van der Waals surface area contributed by atoms with Gasteiger partial charge in [-0.3, -0.25) is 4.79 Å². The average Bonchev–Trinajstić information content (AvgIpc) is 2.84. The van der Waals surface area contributed by atoms with Gasteiger partial charge in [-0.15, -0.1) is 12.4 Å². The van der Waals surface area contributed by atoms with Crippen LogP contribution in [0, 0.1) is 11.7 Å². The summed E-state index contributed by atoms with van der Waals surface area (Å²) in [6.45, 7) is 3.15. The summed E-state index contributed by atoms with van der Waals surface area (Å²) in [5.74, 6) is -0.771. The Hall–Kier alpha value is -1.37. The Labute approximate surface area is 129 Å². The average molecular weight is 319 g/mol. The minimum Gasteiger partial charge on any atom is -0.478 e. The topological polar surface area (TPSA) is 70.6 Å². The minimum atomic E-state index is -0.793. The van der Waals surface area contributed by atoms with Crippen molar-refractivity contribution in [2.75, 3.05) is 19.6 Å². The van der Waals surface area contributed by atoms with Crippen LogP contribution in [0.1, 0.15) is 6.92 Å². The number of β-amino-alcohol motifs (C(OH)–C–C–N with tert-alkyl or cyclic N) is 1. The van der Waals surface area contributed by atoms with E-state index in [0.717, 1.165) is 0 Å². The van der Waals surface area contributed by atoms with E-state index in [4.69, 9.17) is 4.74 Å². The van der Waals surface area contributed by atoms with E-state index in [1.165, 1.54) is 12.1 Å². The third-order valence-corrected chi connectivity index (χ3v) is 3.35. The second-order valence-electron chi connectivity index (χ2n) is 4.92. The van der Waals surface area contributed by atoms with Gasteiger partial charge in [0, 0.05) is 25.6 Å². The van der Waals surface area contributed by atoms with Gasteiger partial charge in [0.1, 0.15) is 0 Å². The van der Waals surface area contributed by atoms with Crippen LogP contribution in [0.4, 0.5) is 4.39 Å². The summed E-state index contributed by atoms with van der Waals surface area (Å²) in [7, 11) is 0. The fourth-order valence-corrected chi connectivity index (χ4v) is 2.09. The third kappa shape index (κ3) is 4.84. The predicted molar refractivity (Wildman–Crippen MR) is 79.1 cm³/mol. The maximum atomic E-state index is 13.4. The Morgan fingerprint density at radius 2 is 2.24 bits per heavy atom. The van der Waals surface area contributed by atoms with Crippen LogP contribution in [0.25, 0.3) is 0 Å². The highest BCUT2D eigenvalue weighted by molar-refractivity contribution is 5.85. The molecule has 2 rings (SSSR count). The Morgan fingerprint density at radius 3 is 2.86 bits per heavy atom. The Bertz CT molecular complexity index is 475. The molecule has 0 spiro atoms. The molecular weight excluding hydrogens is 299 g/mol. The van der Waals surface area contributed by atoms with Gasteiger partial charge in [-0.2, -0.15) is 0 Å². The number of carbonyl (C=O) groups is 1. The van der Waals surface area contributed by atoms with E-state index in [1.54, 1.807) is 19.1 Å². The summed E-state index contributed by atoms with van der Waals surface area (Å²) in [5.41, 5.74) is 0. The molecule has 0 radical (unpaired) electrons. The monoisotopic (exact) mass is 318 g/mol. The number of amides is 1. The number of halogens is 2. The number of para-hydroxylation sites is 1. The van der Waals surface area contributed by atoms with E-state index < -0.39 is 18.0 Å². The lowest BCUT2D eigenvalue weighted by molar-refractivity contribution is -0.127. The summed E-state index contributed by atoms with van der Waals surface area (Å²) in [4.78, 5) is 11.9. The quantitative estimate of drug-likeness (QED) is 0.748. The minimum absolute atomic E-state index is 0. The highest BCUT2D eigenvalue weighted by Gasteiger charge is 2.26. The SMILES string of the molecule is CC(Oc1ccccc1F)C(=O)NCC1CNCC1O.Cl. The molecule has 1 amide bonds. The Balaban J connectivity index is 0.00000220. The van der Waals surface area contributed by atoms with Crippen molar-refractivity contribution in [2.24, 2.45) is 5.92 Å². The molecule has 1 saturated heterocycles. The smallest absolute Gasteiger partial charge is 0.260 e. The predicted octanol–water partition coefficient (Wildman–Crippen LogP) is 0.711. The van der Waals surface area contributed by atoms with Crippen LogP contribution in [0.5, 0.6) is 5.75 Å². The van der Waals surface area contributed by atoms with Crippen LogP contribution in [-0.2, 0) is 4.79 Å². The van der Waals surface area contributed by atoms with Crippen LogP contribution < -0.4 is 15.4 Å². The fraction of sp³-hybridized carbons (Fsp3) is 0.500. The molecule has 0 saturated carbocycles. The lowest BCUT2D eigenvalue weighted by atomic mass is 10.1. The molecule has 3 unspecified atom stereocenters. The Morgan fingerprint density at radius 1 is 1.52 bits per heavy atom. The molecule has 7 heteroatoms. The maximum Gasteiger partial charge on any atom is 0.260 e. The normalized spacial score (nSPS) is 22.2. The van der Waals surface area contributed by atoms with Crippen LogP contribution in [0.15, 0.2) is 24.3 Å². The van der Waals surface area contributed by atoms with Crippen molar-refractivity contribution < 1.29 is 19.0 Å². The molecule has 3 N–H and O–H groups in total. The standard InChI is InChI=1S/C14H19FN2O3.ClH/c1-9(20-13-5-3-2-4-11(13)15)14(19)17-7-10-6-16-8-12(10)18;/h2-5,9-10,12,16,18H,6-8H2,1H3,(H,17,19);1H. The number of aliphatic hydroxyl groups is 1. The molecule has 118 valence electrons. The van der Waals surface area contributed by atoms with Crippen LogP contribution in [-0.4, -0.2) is 42.9 Å². The fourth-order valence-electron chi connectivity index (χ4n) is 2.09. The highest BCUT2D eigenvalue weighted by atomic mass is 35.5. The molecule has 1 aromatic rings. The summed E-state index contributed by atoms with van der Waals surface area (Å²) >= 11 is 0. The molecule has 1 aliphatic rings. The molecule has 5 nitrogen and oxygen atoms in total. The van der Waals surface area contributed by atoms with Crippen molar-refractivity contribution in [1.82, 2.24) is 10.6 Å². The molecule has 1 fully saturated rings. The van der Waals surface area contributed by atoms with Crippen molar-refractivity contribution in [3.63, 3.8) is 0 Å². The van der Waals surface area contributed by atoms with Crippen molar-refractivity contribution in [3.05, 3.63) is 30.1 Å². The molecule has 21 heavy (non-hydrogen) atoms. The van der Waals surface area contributed by atoms with Crippen molar-refractivity contribution in [2.45, 2.75) is 19.1 Å². The number of aliphatic hydroxyl groups excluding tert-OH is 1. The first-order valence-electron chi connectivity index (χ1n) is 6.65. The third-order valence-electron chi connectivity index (χ3n) is 3.35. The van der Waals surface area contributed by atoms with E-state index in [1.807, 2.05) is 0 Å². The molecule has 3 atom stereocenters. The highest BCUT2D eigenvalue weighted by Crippen LogP contribution is 2.17. The van der Waals surface area contributed by atoms with Gasteiger partial charge in [-0.1, -0.05) is 12.1 Å². The van der Waals surface area contributed by atoms with E-state index in [-0.39, 0.29) is 30.0 Å². The first-order valence-corrected chi connectivity index (χ1v) is 6.65. The molecular formula is C14H20ClFN2O3. The van der Waals surface area contributed by atoms with Gasteiger partial charge < -0.3 is 20.5 Å². The number of ether oxygens (including phenoxy) is 1. The number of hydrogen-bond donors (Lipinski definition) is 3. The summed E-state index contributed by atoms with van der Waals surface area (Å²) in [6.07, 6.45) is -1.24. The van der Waals surface area contributed by atoms with Gasteiger partial charge in [0.05, 0.1) is 6.10 Å². The van der Waals surface area contributed by atoms with E-state index in [2.05, 4.69) is 10.6 Å². The molecule has 1 aliphatic heterocycles. The lowest BCUT2D eigenvalue weighted by Crippen LogP contribution is -2.41. The van der Waals surface area contributed by atoms with Gasteiger partial charge >= 0.3 is 0 Å². The second kappa shape index (κ2) is 8.17. The van der Waals surface area contributed by atoms with Gasteiger partial charge in [-0.25, -0.2) is 4.39 Å². The number of hydrogen-bond acceptors (Lipinski definition) is 4. The summed E-state index contributed by atoms with van der Waals surface area (Å²) in [5, 5.41) is 15.4. The van der Waals surface area contributed by atoms with Crippen LogP contribution in [0.2, 0.25) is 0 Å². The largest absolute Gasteiger partial charge is 0.478 e. The first-order chi connectivity index (χ1) is 9.58. The van der Waals surface area contributed by atoms with Crippen molar-refractivity contribution >= 4 is 18.3 Å². The van der Waals surface area contributed by atoms with Gasteiger partial charge in [0.25, 0.3) is 5.91 Å². The van der Waals surface area contributed by atoms with Crippen LogP contribution >= 0.6 is 12.4 Å². The van der Waals surface area contributed by atoms with Crippen molar-refractivity contribution in [1.29, 1.82) is 0 Å². The van der Waals surface area contributed by atoms with Crippen molar-refractivity contribution in [3.8, 4) is 5.75 Å². The zero-order valence-corrected chi connectivity index (χ0v) is 12.5. The summed E-state index contributed by atoms with van der Waals surface area (Å²) in [6, 6.07) is 5.95. The molecule has 0 bridgehead atoms. The van der Waals surface area contributed by atoms with Gasteiger partial charge in [0.15, 0.2) is 17.7 Å². The molecule has 0 aromatic heterocycles. The summed E-state index contributed by atoms with van der Waals surface area (Å²) < 4.78 is 18.7. The van der Waals surface area contributed by atoms with Crippen LogP contribution in [0.3, 0.4) is 0 Å². The zero-order valence-electron chi connectivity index (χ0n) is 11.7. The number of carbonyl (C=O) groups excluding carboxylic acids is 1. The molecule has 1 heterocycles. The van der Waals surface area contributed by atoms with Gasteiger partial charge in [-0.05, 0) is 19.1 Å². The number of nitrogens with one attached hydrogen (secondary N) is 2. The van der Waals surface area contributed by atoms with E-state index >= 15 is 0 Å². The maximum absolute atomic E-state index is 13.4. The first kappa shape index (κ1) is 17.7. The van der Waals surface area contributed by atoms with Gasteiger partial charge in [0.2, 0.25) is 0 Å². The lowest BCUT2D eigenvalue weighted by Gasteiger charge is -2.18. The number of benzene rings is 1. The molecule has 0 aliphatic carbocycles. The van der Waals surface area contributed by atoms with E-state index in [9.17, 15) is 14.3 Å². The Kier molecular flexibility index (Phi) is 6.87. The number of rotatable bonds is 5.